The number of nitrogens with zero attached hydrogens (tertiary/aromatic N) is 1. The fourth-order valence-electron chi connectivity index (χ4n) is 4.37. The highest BCUT2D eigenvalue weighted by Crippen LogP contribution is 2.52. The summed E-state index contributed by atoms with van der Waals surface area (Å²) in [6.45, 7) is 8.40. The van der Waals surface area contributed by atoms with Gasteiger partial charge in [-0.25, -0.2) is 0 Å². The molecular formula is C22H27NO5. The third-order valence-corrected chi connectivity index (χ3v) is 5.82. The molecule has 2 heterocycles. The van der Waals surface area contributed by atoms with Gasteiger partial charge in [-0.1, -0.05) is 32.9 Å². The molecule has 0 bridgehead atoms. The topological polar surface area (TPSA) is 60.4 Å². The molecule has 0 aromatic heterocycles. The molecule has 3 atom stereocenters. The van der Waals surface area contributed by atoms with Crippen LogP contribution in [-0.4, -0.2) is 43.2 Å². The van der Waals surface area contributed by atoms with Crippen LogP contribution in [-0.2, 0) is 0 Å². The van der Waals surface area contributed by atoms with E-state index in [1.165, 1.54) is 0 Å². The molecular weight excluding hydrogens is 358 g/mol. The van der Waals surface area contributed by atoms with E-state index in [-0.39, 0.29) is 30.6 Å². The summed E-state index contributed by atoms with van der Waals surface area (Å²) >= 11 is 0. The number of rotatable bonds is 5. The first-order valence-corrected chi connectivity index (χ1v) is 9.79. The van der Waals surface area contributed by atoms with Gasteiger partial charge in [0.15, 0.2) is 29.2 Å². The number of ether oxygens (including phenoxy) is 4. The normalized spacial score (nSPS) is 22.7. The number of phenols is 1. The summed E-state index contributed by atoms with van der Waals surface area (Å²) in [5.41, 5.74) is 1.82. The molecule has 6 heteroatoms. The quantitative estimate of drug-likeness (QED) is 0.841. The van der Waals surface area contributed by atoms with Gasteiger partial charge in [-0.2, -0.15) is 0 Å². The number of aromatic hydroxyl groups is 1. The lowest BCUT2D eigenvalue weighted by molar-refractivity contribution is -0.0259. The Labute approximate surface area is 165 Å². The van der Waals surface area contributed by atoms with E-state index in [1.807, 2.05) is 24.3 Å². The molecule has 0 fully saturated rings. The summed E-state index contributed by atoms with van der Waals surface area (Å²) < 4.78 is 22.9. The Morgan fingerprint density at radius 3 is 2.46 bits per heavy atom. The number of fused-ring (bicyclic) bond motifs is 2. The zero-order chi connectivity index (χ0) is 19.8. The van der Waals surface area contributed by atoms with Gasteiger partial charge in [-0.3, -0.25) is 4.90 Å². The van der Waals surface area contributed by atoms with Crippen molar-refractivity contribution < 1.29 is 24.1 Å². The van der Waals surface area contributed by atoms with Crippen molar-refractivity contribution in [3.05, 3.63) is 41.5 Å². The fourth-order valence-corrected chi connectivity index (χ4v) is 4.37. The van der Waals surface area contributed by atoms with E-state index in [1.54, 1.807) is 13.2 Å². The molecule has 2 aliphatic rings. The zero-order valence-electron chi connectivity index (χ0n) is 16.8. The van der Waals surface area contributed by atoms with Crippen LogP contribution in [0.25, 0.3) is 0 Å². The van der Waals surface area contributed by atoms with Gasteiger partial charge in [-0.05, 0) is 25.2 Å². The molecule has 0 amide bonds. The van der Waals surface area contributed by atoms with Gasteiger partial charge in [0.25, 0.3) is 0 Å². The van der Waals surface area contributed by atoms with Gasteiger partial charge >= 0.3 is 0 Å². The molecule has 0 spiro atoms. The van der Waals surface area contributed by atoms with Crippen molar-refractivity contribution in [3.8, 4) is 28.7 Å². The third-order valence-electron chi connectivity index (χ3n) is 5.82. The van der Waals surface area contributed by atoms with E-state index < -0.39 is 0 Å². The fraction of sp³-hybridized carbons (Fsp3) is 0.455. The number of methoxy groups -OCH3 is 1. The second-order valence-corrected chi connectivity index (χ2v) is 7.21. The average molecular weight is 385 g/mol. The van der Waals surface area contributed by atoms with Crippen LogP contribution in [0.4, 0.5) is 0 Å². The van der Waals surface area contributed by atoms with Crippen molar-refractivity contribution in [2.75, 3.05) is 27.0 Å². The summed E-state index contributed by atoms with van der Waals surface area (Å²) in [4.78, 5) is 2.29. The maximum absolute atomic E-state index is 10.9. The minimum Gasteiger partial charge on any atom is -0.504 e. The van der Waals surface area contributed by atoms with Crippen LogP contribution >= 0.6 is 0 Å². The second kappa shape index (κ2) is 7.43. The molecule has 0 saturated heterocycles. The Kier molecular flexibility index (Phi) is 4.98. The molecule has 150 valence electrons. The third kappa shape index (κ3) is 2.92. The first-order chi connectivity index (χ1) is 13.6. The standard InChI is InChI=1S/C22H27NO5/c1-5-23(6-2)22-13(3)20(14-8-7-9-16(25-4)21(14)24)15-10-18-19(27-12-26-18)11-17(15)28-22/h7-11,13,20,22,24H,5-6,12H2,1-4H3/t13-,20+,22-/m0/s1. The molecule has 2 aliphatic heterocycles. The molecule has 4 rings (SSSR count). The number of para-hydroxylation sites is 1. The zero-order valence-corrected chi connectivity index (χ0v) is 16.8. The van der Waals surface area contributed by atoms with Crippen LogP contribution in [0.15, 0.2) is 30.3 Å². The number of phenolic OH excluding ortho intramolecular Hbond substituents is 1. The monoisotopic (exact) mass is 385 g/mol. The summed E-state index contributed by atoms with van der Waals surface area (Å²) in [5, 5.41) is 10.9. The van der Waals surface area contributed by atoms with Crippen molar-refractivity contribution in [1.82, 2.24) is 4.90 Å². The SMILES string of the molecule is CCN(CC)[C@H]1Oc2cc3c(cc2[C@@H](c2cccc(OC)c2O)[C@@H]1C)OCO3. The molecule has 0 aliphatic carbocycles. The lowest BCUT2D eigenvalue weighted by Gasteiger charge is -2.43. The first-order valence-electron chi connectivity index (χ1n) is 9.79. The van der Waals surface area contributed by atoms with Gasteiger partial charge in [-0.15, -0.1) is 0 Å². The lowest BCUT2D eigenvalue weighted by Crippen LogP contribution is -2.48. The van der Waals surface area contributed by atoms with Crippen molar-refractivity contribution in [3.63, 3.8) is 0 Å². The van der Waals surface area contributed by atoms with Crippen LogP contribution in [0, 0.1) is 5.92 Å². The van der Waals surface area contributed by atoms with Crippen LogP contribution in [0.1, 0.15) is 37.8 Å². The summed E-state index contributed by atoms with van der Waals surface area (Å²) in [5.74, 6) is 2.85. The molecule has 28 heavy (non-hydrogen) atoms. The Bertz CT molecular complexity index is 864. The highest BCUT2D eigenvalue weighted by molar-refractivity contribution is 5.59. The molecule has 0 unspecified atom stereocenters. The van der Waals surface area contributed by atoms with Gasteiger partial charge in [0, 0.05) is 29.0 Å². The van der Waals surface area contributed by atoms with Gasteiger partial charge in [0.1, 0.15) is 5.75 Å². The van der Waals surface area contributed by atoms with Gasteiger partial charge in [0.2, 0.25) is 6.79 Å². The Morgan fingerprint density at radius 1 is 1.07 bits per heavy atom. The number of benzene rings is 2. The van der Waals surface area contributed by atoms with Crippen LogP contribution in [0.3, 0.4) is 0 Å². The average Bonchev–Trinajstić information content (AvgIpc) is 3.16. The molecule has 2 aromatic carbocycles. The van der Waals surface area contributed by atoms with E-state index >= 15 is 0 Å². The highest BCUT2D eigenvalue weighted by atomic mass is 16.7. The predicted octanol–water partition coefficient (Wildman–Crippen LogP) is 3.96. The highest BCUT2D eigenvalue weighted by Gasteiger charge is 2.41. The van der Waals surface area contributed by atoms with Crippen LogP contribution in [0.2, 0.25) is 0 Å². The van der Waals surface area contributed by atoms with Gasteiger partial charge in [0.05, 0.1) is 7.11 Å². The van der Waals surface area contributed by atoms with E-state index in [0.717, 1.165) is 30.0 Å². The maximum Gasteiger partial charge on any atom is 0.231 e. The summed E-state index contributed by atoms with van der Waals surface area (Å²) in [6.07, 6.45) is -0.113. The first kappa shape index (κ1) is 18.7. The molecule has 0 radical (unpaired) electrons. The summed E-state index contributed by atoms with van der Waals surface area (Å²) in [7, 11) is 1.57. The largest absolute Gasteiger partial charge is 0.504 e. The molecule has 0 saturated carbocycles. The van der Waals surface area contributed by atoms with Crippen LogP contribution in [0.5, 0.6) is 28.7 Å². The van der Waals surface area contributed by atoms with E-state index in [4.69, 9.17) is 18.9 Å². The van der Waals surface area contributed by atoms with Gasteiger partial charge < -0.3 is 24.1 Å². The predicted molar refractivity (Wildman–Crippen MR) is 106 cm³/mol. The molecule has 2 aromatic rings. The smallest absolute Gasteiger partial charge is 0.231 e. The Hall–Kier alpha value is -2.60. The number of hydrogen-bond acceptors (Lipinski definition) is 6. The minimum atomic E-state index is -0.113. The molecule has 1 N–H and O–H groups in total. The lowest BCUT2D eigenvalue weighted by atomic mass is 9.77. The Balaban J connectivity index is 1.88. The van der Waals surface area contributed by atoms with Crippen molar-refractivity contribution in [2.45, 2.75) is 32.9 Å². The van der Waals surface area contributed by atoms with Crippen molar-refractivity contribution in [2.24, 2.45) is 5.92 Å². The summed E-state index contributed by atoms with van der Waals surface area (Å²) in [6, 6.07) is 9.53. The Morgan fingerprint density at radius 2 is 1.79 bits per heavy atom. The van der Waals surface area contributed by atoms with Crippen molar-refractivity contribution in [1.29, 1.82) is 0 Å². The van der Waals surface area contributed by atoms with Crippen molar-refractivity contribution >= 4 is 0 Å². The molecule has 6 nitrogen and oxygen atoms in total. The second-order valence-electron chi connectivity index (χ2n) is 7.21. The van der Waals surface area contributed by atoms with Crippen LogP contribution < -0.4 is 18.9 Å². The van der Waals surface area contributed by atoms with E-state index in [2.05, 4.69) is 25.7 Å². The minimum absolute atomic E-state index is 0.0704. The number of hydrogen-bond donors (Lipinski definition) is 1. The van der Waals surface area contributed by atoms with E-state index in [9.17, 15) is 5.11 Å². The van der Waals surface area contributed by atoms with E-state index in [0.29, 0.717) is 17.2 Å². The maximum atomic E-state index is 10.9.